The normalized spacial score (nSPS) is 12.3. The summed E-state index contributed by atoms with van der Waals surface area (Å²) < 4.78 is 11.2. The maximum absolute atomic E-state index is 9.03. The highest BCUT2D eigenvalue weighted by molar-refractivity contribution is 7.18. The van der Waals surface area contributed by atoms with Crippen molar-refractivity contribution in [2.24, 2.45) is 5.73 Å². The number of hydrogen-bond donors (Lipinski definition) is 2. The van der Waals surface area contributed by atoms with E-state index < -0.39 is 6.04 Å². The smallest absolute Gasteiger partial charge is 0.232 e. The number of hydrogen-bond acceptors (Lipinski definition) is 8. The van der Waals surface area contributed by atoms with Crippen molar-refractivity contribution in [1.82, 2.24) is 15.2 Å². The van der Waals surface area contributed by atoms with E-state index in [0.717, 1.165) is 16.7 Å². The Hall–Kier alpha value is -1.97. The van der Waals surface area contributed by atoms with Crippen molar-refractivity contribution >= 4 is 34.5 Å². The Morgan fingerprint density at radius 1 is 1.13 bits per heavy atom. The van der Waals surface area contributed by atoms with Crippen LogP contribution in [-0.4, -0.2) is 45.6 Å². The third-order valence-electron chi connectivity index (χ3n) is 4.01. The zero-order valence-electron chi connectivity index (χ0n) is 16.7. The summed E-state index contributed by atoms with van der Waals surface area (Å²) in [6, 6.07) is 4.90. The minimum atomic E-state index is -0.452. The molecule has 0 aliphatic heterocycles. The van der Waals surface area contributed by atoms with Crippen LogP contribution in [-0.2, 0) is 0 Å². The number of pyridine rings is 1. The number of nitrogens with two attached hydrogens (primary N) is 1. The van der Waals surface area contributed by atoms with E-state index in [-0.39, 0.29) is 19.3 Å². The molecule has 0 saturated carbocycles. The molecule has 1 atom stereocenters. The molecule has 0 fully saturated rings. The molecule has 1 unspecified atom stereocenters. The molecule has 0 aliphatic carbocycles. The molecule has 3 N–H and O–H groups in total. The third-order valence-corrected chi connectivity index (χ3v) is 5.60. The number of ether oxygens (including phenoxy) is 2. The van der Waals surface area contributed by atoms with E-state index in [1.165, 1.54) is 11.3 Å². The highest BCUT2D eigenvalue weighted by atomic mass is 35.5. The monoisotopic (exact) mass is 468 g/mol. The first-order chi connectivity index (χ1) is 14.3. The Bertz CT molecular complexity index is 1030. The number of aromatic nitrogens is 3. The molecule has 0 spiro atoms. The van der Waals surface area contributed by atoms with E-state index in [4.69, 9.17) is 43.5 Å². The van der Waals surface area contributed by atoms with Crippen LogP contribution in [0.25, 0.3) is 21.1 Å². The fourth-order valence-electron chi connectivity index (χ4n) is 2.53. The number of aryl methyl sites for hydroxylation is 1. The quantitative estimate of drug-likeness (QED) is 0.505. The van der Waals surface area contributed by atoms with Gasteiger partial charge < -0.3 is 20.3 Å². The standard InChI is InChI=1S/C20H22Cl2N4O3S/c1-10(2)29-18-16(22)5-12(7-24-18)19-25-26-20(30-19)14-4-11(3)17(6-15(14)21)28-9-13(23)8-27/h4-7,10,13,27H,8-9,23H2,1-3H3. The average molecular weight is 469 g/mol. The first-order valence-electron chi connectivity index (χ1n) is 9.24. The maximum Gasteiger partial charge on any atom is 0.232 e. The molecule has 0 bridgehead atoms. The number of halogens is 2. The second-order valence-electron chi connectivity index (χ2n) is 6.94. The van der Waals surface area contributed by atoms with Gasteiger partial charge in [-0.15, -0.1) is 10.2 Å². The first kappa shape index (κ1) is 22.7. The zero-order chi connectivity index (χ0) is 21.8. The van der Waals surface area contributed by atoms with Gasteiger partial charge in [-0.2, -0.15) is 0 Å². The van der Waals surface area contributed by atoms with Crippen molar-refractivity contribution in [3.63, 3.8) is 0 Å². The van der Waals surface area contributed by atoms with E-state index in [1.54, 1.807) is 18.3 Å². The molecule has 3 aromatic rings. The first-order valence-corrected chi connectivity index (χ1v) is 10.8. The van der Waals surface area contributed by atoms with Crippen LogP contribution in [0.15, 0.2) is 24.4 Å². The SMILES string of the molecule is Cc1cc(-c2nnc(-c3cnc(OC(C)C)c(Cl)c3)s2)c(Cl)cc1OCC(N)CO. The van der Waals surface area contributed by atoms with Crippen molar-refractivity contribution in [3.05, 3.63) is 40.0 Å². The summed E-state index contributed by atoms with van der Waals surface area (Å²) in [7, 11) is 0. The molecule has 2 aromatic heterocycles. The molecule has 0 aliphatic rings. The van der Waals surface area contributed by atoms with Gasteiger partial charge in [0.2, 0.25) is 5.88 Å². The highest BCUT2D eigenvalue weighted by Gasteiger charge is 2.16. The van der Waals surface area contributed by atoms with Gasteiger partial charge in [-0.05, 0) is 44.5 Å². The third kappa shape index (κ3) is 5.39. The van der Waals surface area contributed by atoms with Gasteiger partial charge in [-0.25, -0.2) is 4.98 Å². The Morgan fingerprint density at radius 3 is 2.53 bits per heavy atom. The lowest BCUT2D eigenvalue weighted by molar-refractivity contribution is 0.206. The summed E-state index contributed by atoms with van der Waals surface area (Å²) >= 11 is 14.1. The number of aliphatic hydroxyl groups excluding tert-OH is 1. The summed E-state index contributed by atoms with van der Waals surface area (Å²) in [5, 5.41) is 19.8. The van der Waals surface area contributed by atoms with Gasteiger partial charge >= 0.3 is 0 Å². The summed E-state index contributed by atoms with van der Waals surface area (Å²) in [6.07, 6.45) is 1.63. The van der Waals surface area contributed by atoms with E-state index >= 15 is 0 Å². The Morgan fingerprint density at radius 2 is 1.87 bits per heavy atom. The van der Waals surface area contributed by atoms with Gasteiger partial charge in [0.05, 0.1) is 23.8 Å². The lowest BCUT2D eigenvalue weighted by Gasteiger charge is -2.14. The molecule has 2 heterocycles. The van der Waals surface area contributed by atoms with Crippen LogP contribution in [0.5, 0.6) is 11.6 Å². The van der Waals surface area contributed by atoms with Gasteiger partial charge in [0.1, 0.15) is 27.4 Å². The minimum absolute atomic E-state index is 0.0225. The highest BCUT2D eigenvalue weighted by Crippen LogP contribution is 2.38. The number of benzene rings is 1. The van der Waals surface area contributed by atoms with Crippen LogP contribution in [0.1, 0.15) is 19.4 Å². The summed E-state index contributed by atoms with van der Waals surface area (Å²) in [5.74, 6) is 0.990. The number of aliphatic hydroxyl groups is 1. The second kappa shape index (κ2) is 9.89. The van der Waals surface area contributed by atoms with Crippen molar-refractivity contribution in [2.75, 3.05) is 13.2 Å². The van der Waals surface area contributed by atoms with Gasteiger partial charge in [-0.3, -0.25) is 0 Å². The van der Waals surface area contributed by atoms with Crippen LogP contribution >= 0.6 is 34.5 Å². The molecular weight excluding hydrogens is 447 g/mol. The molecule has 160 valence electrons. The lowest BCUT2D eigenvalue weighted by atomic mass is 10.1. The molecule has 0 amide bonds. The predicted octanol–water partition coefficient (Wildman–Crippen LogP) is 4.37. The lowest BCUT2D eigenvalue weighted by Crippen LogP contribution is -2.31. The summed E-state index contributed by atoms with van der Waals surface area (Å²) in [6.45, 7) is 5.76. The summed E-state index contributed by atoms with van der Waals surface area (Å²) in [4.78, 5) is 4.28. The molecule has 7 nitrogen and oxygen atoms in total. The molecule has 10 heteroatoms. The van der Waals surface area contributed by atoms with E-state index in [1.807, 2.05) is 26.8 Å². The van der Waals surface area contributed by atoms with Gasteiger partial charge in [0.25, 0.3) is 0 Å². The largest absolute Gasteiger partial charge is 0.492 e. The van der Waals surface area contributed by atoms with Crippen LogP contribution in [0.2, 0.25) is 10.0 Å². The van der Waals surface area contributed by atoms with Crippen molar-refractivity contribution in [3.8, 4) is 32.8 Å². The van der Waals surface area contributed by atoms with Crippen molar-refractivity contribution in [2.45, 2.75) is 32.9 Å². The second-order valence-corrected chi connectivity index (χ2v) is 8.73. The molecule has 30 heavy (non-hydrogen) atoms. The van der Waals surface area contributed by atoms with E-state index in [9.17, 15) is 0 Å². The predicted molar refractivity (Wildman–Crippen MR) is 120 cm³/mol. The Balaban J connectivity index is 1.84. The average Bonchev–Trinajstić information content (AvgIpc) is 3.19. The topological polar surface area (TPSA) is 103 Å². The van der Waals surface area contributed by atoms with Crippen molar-refractivity contribution < 1.29 is 14.6 Å². The fraction of sp³-hybridized carbons (Fsp3) is 0.350. The van der Waals surface area contributed by atoms with Crippen LogP contribution in [0.3, 0.4) is 0 Å². The molecule has 1 aromatic carbocycles. The molecule has 3 rings (SSSR count). The molecular formula is C20H22Cl2N4O3S. The van der Waals surface area contributed by atoms with Gasteiger partial charge in [-0.1, -0.05) is 34.5 Å². The Labute approximate surface area is 188 Å². The van der Waals surface area contributed by atoms with Crippen LogP contribution in [0.4, 0.5) is 0 Å². The number of nitrogens with zero attached hydrogens (tertiary/aromatic N) is 3. The zero-order valence-corrected chi connectivity index (χ0v) is 19.1. The molecule has 0 radical (unpaired) electrons. The van der Waals surface area contributed by atoms with Crippen molar-refractivity contribution in [1.29, 1.82) is 0 Å². The van der Waals surface area contributed by atoms with E-state index in [2.05, 4.69) is 15.2 Å². The molecule has 0 saturated heterocycles. The summed E-state index contributed by atoms with van der Waals surface area (Å²) in [5.41, 5.74) is 8.04. The Kier molecular flexibility index (Phi) is 7.49. The van der Waals surface area contributed by atoms with Crippen LogP contribution in [0, 0.1) is 6.92 Å². The van der Waals surface area contributed by atoms with Gasteiger partial charge in [0, 0.05) is 17.3 Å². The minimum Gasteiger partial charge on any atom is -0.492 e. The maximum atomic E-state index is 9.03. The van der Waals surface area contributed by atoms with E-state index in [0.29, 0.717) is 31.7 Å². The van der Waals surface area contributed by atoms with Gasteiger partial charge in [0.15, 0.2) is 0 Å². The fourth-order valence-corrected chi connectivity index (χ4v) is 3.90. The number of rotatable bonds is 8. The van der Waals surface area contributed by atoms with Crippen LogP contribution < -0.4 is 15.2 Å².